The zero-order valence-corrected chi connectivity index (χ0v) is 15.9. The van der Waals surface area contributed by atoms with Crippen molar-refractivity contribution in [2.24, 2.45) is 0 Å². The molecule has 1 N–H and O–H groups in total. The van der Waals surface area contributed by atoms with Crippen LogP contribution < -0.4 is 14.8 Å². The van der Waals surface area contributed by atoms with Crippen molar-refractivity contribution in [3.63, 3.8) is 0 Å². The number of fused-ring (bicyclic) bond motifs is 3. The van der Waals surface area contributed by atoms with E-state index in [2.05, 4.69) is 31.2 Å². The number of aromatic nitrogens is 2. The number of nitrogens with zero attached hydrogens (tertiary/aromatic N) is 2. The minimum Gasteiger partial charge on any atom is -0.493 e. The van der Waals surface area contributed by atoms with Crippen LogP contribution in [0.1, 0.15) is 0 Å². The Hall–Kier alpha value is -2.38. The van der Waals surface area contributed by atoms with E-state index in [0.29, 0.717) is 11.5 Å². The Kier molecular flexibility index (Phi) is 4.19. The van der Waals surface area contributed by atoms with Crippen molar-refractivity contribution < 1.29 is 9.47 Å². The Morgan fingerprint density at radius 1 is 1.04 bits per heavy atom. The summed E-state index contributed by atoms with van der Waals surface area (Å²) < 4.78 is 13.9. The first-order chi connectivity index (χ1) is 12.2. The lowest BCUT2D eigenvalue weighted by Crippen LogP contribution is -1.94. The summed E-state index contributed by atoms with van der Waals surface area (Å²) in [7, 11) is 3.27. The molecule has 2 aromatic heterocycles. The number of anilines is 2. The standard InChI is InChI=1S/C18H14BrN3O2S/c1-23-13-7-12-15(8-14(13)24-2)25-17-16(12)20-9-21-18(17)22-11-5-3-4-10(19)6-11/h3-9H,1-2H3,(H,20,21,22). The molecule has 126 valence electrons. The second-order valence-corrected chi connectivity index (χ2v) is 7.31. The Balaban J connectivity index is 1.89. The molecule has 0 aliphatic heterocycles. The zero-order chi connectivity index (χ0) is 17.4. The van der Waals surface area contributed by atoms with Crippen LogP contribution >= 0.6 is 27.3 Å². The van der Waals surface area contributed by atoms with Gasteiger partial charge in [0.2, 0.25) is 0 Å². The highest BCUT2D eigenvalue weighted by Crippen LogP contribution is 2.42. The highest BCUT2D eigenvalue weighted by molar-refractivity contribution is 9.10. The minimum atomic E-state index is 0.690. The summed E-state index contributed by atoms with van der Waals surface area (Å²) in [4.78, 5) is 8.90. The summed E-state index contributed by atoms with van der Waals surface area (Å²) in [5, 5.41) is 4.40. The average Bonchev–Trinajstić information content (AvgIpc) is 2.99. The predicted octanol–water partition coefficient (Wildman–Crippen LogP) is 5.37. The molecule has 5 nitrogen and oxygen atoms in total. The van der Waals surface area contributed by atoms with Crippen molar-refractivity contribution in [3.05, 3.63) is 47.2 Å². The van der Waals surface area contributed by atoms with Crippen LogP contribution in [0.15, 0.2) is 47.2 Å². The molecule has 0 saturated carbocycles. The summed E-state index contributed by atoms with van der Waals surface area (Å²) in [5.74, 6) is 2.17. The molecular formula is C18H14BrN3O2S. The van der Waals surface area contributed by atoms with Crippen LogP contribution in [0.5, 0.6) is 11.5 Å². The van der Waals surface area contributed by atoms with Crippen molar-refractivity contribution in [3.8, 4) is 11.5 Å². The third-order valence-corrected chi connectivity index (χ3v) is 5.49. The lowest BCUT2D eigenvalue weighted by atomic mass is 10.2. The first-order valence-corrected chi connectivity index (χ1v) is 9.12. The summed E-state index contributed by atoms with van der Waals surface area (Å²) in [6.45, 7) is 0. The van der Waals surface area contributed by atoms with Gasteiger partial charge in [0, 0.05) is 26.3 Å². The SMILES string of the molecule is COc1cc2sc3c(Nc4cccc(Br)c4)ncnc3c2cc1OC. The van der Waals surface area contributed by atoms with E-state index < -0.39 is 0 Å². The fourth-order valence-corrected chi connectivity index (χ4v) is 4.20. The van der Waals surface area contributed by atoms with Gasteiger partial charge in [-0.25, -0.2) is 9.97 Å². The van der Waals surface area contributed by atoms with Crippen molar-refractivity contribution in [1.82, 2.24) is 9.97 Å². The van der Waals surface area contributed by atoms with Crippen LogP contribution in [0.25, 0.3) is 20.3 Å². The van der Waals surface area contributed by atoms with Crippen molar-refractivity contribution in [2.75, 3.05) is 19.5 Å². The number of ether oxygens (including phenoxy) is 2. The van der Waals surface area contributed by atoms with E-state index in [1.165, 1.54) is 0 Å². The molecule has 4 rings (SSSR count). The lowest BCUT2D eigenvalue weighted by Gasteiger charge is -2.07. The van der Waals surface area contributed by atoms with Gasteiger partial charge in [0.25, 0.3) is 0 Å². The number of rotatable bonds is 4. The quantitative estimate of drug-likeness (QED) is 0.485. The number of hydrogen-bond donors (Lipinski definition) is 1. The van der Waals surface area contributed by atoms with Gasteiger partial charge in [-0.2, -0.15) is 0 Å². The van der Waals surface area contributed by atoms with Gasteiger partial charge >= 0.3 is 0 Å². The number of benzene rings is 2. The molecule has 0 spiro atoms. The van der Waals surface area contributed by atoms with Crippen molar-refractivity contribution in [2.45, 2.75) is 0 Å². The molecule has 7 heteroatoms. The Bertz CT molecular complexity index is 1080. The van der Waals surface area contributed by atoms with E-state index in [0.717, 1.165) is 36.3 Å². The van der Waals surface area contributed by atoms with Gasteiger partial charge in [-0.15, -0.1) is 11.3 Å². The van der Waals surface area contributed by atoms with Gasteiger partial charge in [0.1, 0.15) is 6.33 Å². The largest absolute Gasteiger partial charge is 0.493 e. The van der Waals surface area contributed by atoms with Crippen LogP contribution in [0.4, 0.5) is 11.5 Å². The second kappa shape index (κ2) is 6.50. The summed E-state index contributed by atoms with van der Waals surface area (Å²) >= 11 is 5.11. The van der Waals surface area contributed by atoms with Gasteiger partial charge in [0.05, 0.1) is 24.4 Å². The minimum absolute atomic E-state index is 0.690. The number of halogens is 1. The fraction of sp³-hybridized carbons (Fsp3) is 0.111. The first kappa shape index (κ1) is 16.1. The molecule has 0 atom stereocenters. The molecule has 0 aliphatic rings. The van der Waals surface area contributed by atoms with E-state index >= 15 is 0 Å². The predicted molar refractivity (Wildman–Crippen MR) is 105 cm³/mol. The van der Waals surface area contributed by atoms with E-state index in [1.807, 2.05) is 36.4 Å². The number of methoxy groups -OCH3 is 2. The highest BCUT2D eigenvalue weighted by atomic mass is 79.9. The molecular weight excluding hydrogens is 402 g/mol. The smallest absolute Gasteiger partial charge is 0.162 e. The number of hydrogen-bond acceptors (Lipinski definition) is 6. The van der Waals surface area contributed by atoms with Crippen LogP contribution in [-0.2, 0) is 0 Å². The van der Waals surface area contributed by atoms with E-state index in [4.69, 9.17) is 9.47 Å². The Morgan fingerprint density at radius 3 is 2.60 bits per heavy atom. The molecule has 2 heterocycles. The molecule has 2 aromatic carbocycles. The summed E-state index contributed by atoms with van der Waals surface area (Å²) in [5.41, 5.74) is 1.86. The fourth-order valence-electron chi connectivity index (χ4n) is 2.69. The van der Waals surface area contributed by atoms with Gasteiger partial charge in [-0.05, 0) is 24.3 Å². The number of nitrogens with one attached hydrogen (secondary N) is 1. The molecule has 0 amide bonds. The van der Waals surface area contributed by atoms with Crippen LogP contribution in [0, 0.1) is 0 Å². The third-order valence-electron chi connectivity index (χ3n) is 3.84. The average molecular weight is 416 g/mol. The number of thiophene rings is 1. The maximum atomic E-state index is 5.42. The normalized spacial score (nSPS) is 11.0. The maximum Gasteiger partial charge on any atom is 0.162 e. The molecule has 0 fully saturated rings. The maximum absolute atomic E-state index is 5.42. The second-order valence-electron chi connectivity index (χ2n) is 5.34. The first-order valence-electron chi connectivity index (χ1n) is 7.51. The van der Waals surface area contributed by atoms with Gasteiger partial charge < -0.3 is 14.8 Å². The topological polar surface area (TPSA) is 56.3 Å². The highest BCUT2D eigenvalue weighted by Gasteiger charge is 2.15. The molecule has 0 bridgehead atoms. The molecule has 0 radical (unpaired) electrons. The van der Waals surface area contributed by atoms with Gasteiger partial charge in [0.15, 0.2) is 17.3 Å². The van der Waals surface area contributed by atoms with Crippen LogP contribution in [0.2, 0.25) is 0 Å². The van der Waals surface area contributed by atoms with E-state index in [9.17, 15) is 0 Å². The van der Waals surface area contributed by atoms with Crippen molar-refractivity contribution in [1.29, 1.82) is 0 Å². The summed E-state index contributed by atoms with van der Waals surface area (Å²) in [6, 6.07) is 11.9. The Morgan fingerprint density at radius 2 is 1.84 bits per heavy atom. The Labute approximate surface area is 156 Å². The third kappa shape index (κ3) is 2.89. The van der Waals surface area contributed by atoms with Crippen LogP contribution in [0.3, 0.4) is 0 Å². The van der Waals surface area contributed by atoms with Gasteiger partial charge in [-0.1, -0.05) is 22.0 Å². The molecule has 25 heavy (non-hydrogen) atoms. The monoisotopic (exact) mass is 415 g/mol. The van der Waals surface area contributed by atoms with Crippen LogP contribution in [-0.4, -0.2) is 24.2 Å². The van der Waals surface area contributed by atoms with Crippen molar-refractivity contribution >= 4 is 59.1 Å². The van der Waals surface area contributed by atoms with E-state index in [1.54, 1.807) is 31.9 Å². The summed E-state index contributed by atoms with van der Waals surface area (Å²) in [6.07, 6.45) is 1.57. The molecule has 4 aromatic rings. The van der Waals surface area contributed by atoms with E-state index in [-0.39, 0.29) is 0 Å². The zero-order valence-electron chi connectivity index (χ0n) is 13.5. The lowest BCUT2D eigenvalue weighted by molar-refractivity contribution is 0.356. The molecule has 0 aliphatic carbocycles. The molecule has 0 saturated heterocycles. The van der Waals surface area contributed by atoms with Gasteiger partial charge in [-0.3, -0.25) is 0 Å². The molecule has 0 unspecified atom stereocenters.